The van der Waals surface area contributed by atoms with Crippen molar-refractivity contribution < 1.29 is 38.3 Å². The number of nitrogens with zero attached hydrogens (tertiary/aromatic N) is 1. The van der Waals surface area contributed by atoms with Crippen molar-refractivity contribution in [2.75, 3.05) is 20.6 Å². The molecule has 14 heteroatoms. The number of amides is 6. The van der Waals surface area contributed by atoms with Crippen molar-refractivity contribution in [1.29, 1.82) is 0 Å². The van der Waals surface area contributed by atoms with Gasteiger partial charge in [-0.3, -0.25) is 28.8 Å². The first-order valence-corrected chi connectivity index (χ1v) is 15.7. The van der Waals surface area contributed by atoms with Gasteiger partial charge in [0.2, 0.25) is 29.4 Å². The van der Waals surface area contributed by atoms with E-state index >= 15 is 0 Å². The number of hydrogen-bond acceptors (Lipinski definition) is 8. The smallest absolute Gasteiger partial charge is 0.408 e. The standard InChI is InChI=1S/C33H52N6O8/c1-19(2)25(37-30(44)26(20(3)4)38-32(46)47-33(6,7)8)29(43)36-23(18-24(40)39(9)10)28(42)35-21(5)27(41)31(45)34-17-16-22-14-12-11-13-15-22/h11-15,19-21,23,25-26H,16-18H2,1-10H3,(H,34,45)(H,35,42)(H,36,43)(H,37,44)(H,38,46). The summed E-state index contributed by atoms with van der Waals surface area (Å²) in [5.74, 6) is -5.41. The van der Waals surface area contributed by atoms with E-state index < -0.39 is 83.5 Å². The Morgan fingerprint density at radius 3 is 1.79 bits per heavy atom. The van der Waals surface area contributed by atoms with E-state index in [4.69, 9.17) is 4.74 Å². The quantitative estimate of drug-likeness (QED) is 0.163. The average molecular weight is 661 g/mol. The molecule has 6 amide bonds. The van der Waals surface area contributed by atoms with Crippen LogP contribution in [0.2, 0.25) is 0 Å². The lowest BCUT2D eigenvalue weighted by molar-refractivity contribution is -0.141. The molecule has 4 atom stereocenters. The highest BCUT2D eigenvalue weighted by Crippen LogP contribution is 2.11. The third-order valence-electron chi connectivity index (χ3n) is 6.90. The van der Waals surface area contributed by atoms with Crippen molar-refractivity contribution in [2.45, 2.75) is 98.0 Å². The Labute approximate surface area is 277 Å². The van der Waals surface area contributed by atoms with Gasteiger partial charge in [0, 0.05) is 20.6 Å². The molecule has 0 aliphatic rings. The summed E-state index contributed by atoms with van der Waals surface area (Å²) >= 11 is 0. The lowest BCUT2D eigenvalue weighted by Gasteiger charge is -2.29. The molecule has 0 spiro atoms. The lowest BCUT2D eigenvalue weighted by Crippen LogP contribution is -2.60. The molecule has 262 valence electrons. The minimum Gasteiger partial charge on any atom is -0.444 e. The summed E-state index contributed by atoms with van der Waals surface area (Å²) in [4.78, 5) is 91.4. The second-order valence-electron chi connectivity index (χ2n) is 13.2. The molecule has 1 rings (SSSR count). The SMILES string of the molecule is CC(NC(=O)C(CC(=O)N(C)C)NC(=O)C(NC(=O)C(NC(=O)OC(C)(C)C)C(C)C)C(C)C)C(=O)C(=O)NCCc1ccccc1. The van der Waals surface area contributed by atoms with Crippen molar-refractivity contribution >= 4 is 41.4 Å². The molecular weight excluding hydrogens is 608 g/mol. The number of benzene rings is 1. The topological polar surface area (TPSA) is 192 Å². The summed E-state index contributed by atoms with van der Waals surface area (Å²) in [6.45, 7) is 13.4. The molecule has 4 unspecified atom stereocenters. The largest absolute Gasteiger partial charge is 0.444 e. The molecule has 0 aromatic heterocycles. The van der Waals surface area contributed by atoms with Gasteiger partial charge >= 0.3 is 6.09 Å². The number of nitrogens with one attached hydrogen (secondary N) is 5. The van der Waals surface area contributed by atoms with Gasteiger partial charge in [-0.25, -0.2) is 4.79 Å². The Morgan fingerprint density at radius 1 is 0.745 bits per heavy atom. The maximum Gasteiger partial charge on any atom is 0.408 e. The summed E-state index contributed by atoms with van der Waals surface area (Å²) < 4.78 is 5.27. The second kappa shape index (κ2) is 18.6. The maximum absolute atomic E-state index is 13.5. The van der Waals surface area contributed by atoms with Crippen LogP contribution in [0.25, 0.3) is 0 Å². The maximum atomic E-state index is 13.5. The number of rotatable bonds is 16. The zero-order chi connectivity index (χ0) is 36.1. The van der Waals surface area contributed by atoms with Crippen LogP contribution in [0.4, 0.5) is 4.79 Å². The normalized spacial score (nSPS) is 13.8. The fraction of sp³-hybridized carbons (Fsp3) is 0.606. The van der Waals surface area contributed by atoms with Gasteiger partial charge in [-0.15, -0.1) is 0 Å². The van der Waals surface area contributed by atoms with E-state index in [2.05, 4.69) is 26.6 Å². The van der Waals surface area contributed by atoms with E-state index in [-0.39, 0.29) is 12.5 Å². The van der Waals surface area contributed by atoms with Gasteiger partial charge in [-0.1, -0.05) is 58.0 Å². The summed E-state index contributed by atoms with van der Waals surface area (Å²) in [7, 11) is 2.96. The first-order valence-electron chi connectivity index (χ1n) is 15.7. The predicted octanol–water partition coefficient (Wildman–Crippen LogP) is 1.07. The van der Waals surface area contributed by atoms with Crippen molar-refractivity contribution in [3.63, 3.8) is 0 Å². The monoisotopic (exact) mass is 660 g/mol. The van der Waals surface area contributed by atoms with Crippen LogP contribution < -0.4 is 26.6 Å². The van der Waals surface area contributed by atoms with Gasteiger partial charge in [-0.05, 0) is 51.5 Å². The van der Waals surface area contributed by atoms with Crippen LogP contribution in [-0.4, -0.2) is 96.7 Å². The van der Waals surface area contributed by atoms with Gasteiger partial charge < -0.3 is 36.2 Å². The third-order valence-corrected chi connectivity index (χ3v) is 6.90. The lowest BCUT2D eigenvalue weighted by atomic mass is 9.99. The van der Waals surface area contributed by atoms with E-state index in [0.29, 0.717) is 6.42 Å². The molecule has 47 heavy (non-hydrogen) atoms. The van der Waals surface area contributed by atoms with Crippen molar-refractivity contribution in [1.82, 2.24) is 31.5 Å². The first-order chi connectivity index (χ1) is 21.7. The number of carbonyl (C=O) groups excluding carboxylic acids is 7. The minimum atomic E-state index is -1.44. The Hall–Kier alpha value is -4.49. The number of ether oxygens (including phenoxy) is 1. The highest BCUT2D eigenvalue weighted by atomic mass is 16.6. The Balaban J connectivity index is 3.01. The van der Waals surface area contributed by atoms with E-state index in [1.165, 1.54) is 25.9 Å². The number of ketones is 1. The number of Topliss-reactive ketones (excluding diaryl/α,β-unsaturated/α-hetero) is 1. The zero-order valence-corrected chi connectivity index (χ0v) is 29.2. The average Bonchev–Trinajstić information content (AvgIpc) is 2.96. The molecule has 0 radical (unpaired) electrons. The summed E-state index contributed by atoms with van der Waals surface area (Å²) in [5.41, 5.74) is 0.177. The van der Waals surface area contributed by atoms with Crippen LogP contribution in [0.3, 0.4) is 0 Å². The van der Waals surface area contributed by atoms with Gasteiger partial charge in [0.05, 0.1) is 12.5 Å². The van der Waals surface area contributed by atoms with Crippen LogP contribution in [0.5, 0.6) is 0 Å². The van der Waals surface area contributed by atoms with Crippen molar-refractivity contribution in [2.24, 2.45) is 11.8 Å². The van der Waals surface area contributed by atoms with Gasteiger partial charge in [-0.2, -0.15) is 0 Å². The molecule has 0 fully saturated rings. The van der Waals surface area contributed by atoms with Crippen molar-refractivity contribution in [3.8, 4) is 0 Å². The zero-order valence-electron chi connectivity index (χ0n) is 29.2. The van der Waals surface area contributed by atoms with E-state index in [9.17, 15) is 33.6 Å². The van der Waals surface area contributed by atoms with Crippen LogP contribution in [-0.2, 0) is 39.9 Å². The molecule has 0 saturated heterocycles. The number of carbonyl (C=O) groups is 7. The third kappa shape index (κ3) is 14.6. The minimum absolute atomic E-state index is 0.207. The Kier molecular flexibility index (Phi) is 16.0. The molecule has 1 aromatic rings. The van der Waals surface area contributed by atoms with Crippen LogP contribution in [0.15, 0.2) is 30.3 Å². The van der Waals surface area contributed by atoms with Crippen LogP contribution in [0.1, 0.15) is 67.4 Å². The molecular formula is C33H52N6O8. The number of hydrogen-bond donors (Lipinski definition) is 5. The number of alkyl carbamates (subject to hydrolysis) is 1. The Morgan fingerprint density at radius 2 is 1.28 bits per heavy atom. The first kappa shape index (κ1) is 40.5. The summed E-state index contributed by atoms with van der Waals surface area (Å²) in [6, 6.07) is 4.46. The molecule has 1 aromatic carbocycles. The van der Waals surface area contributed by atoms with E-state index in [1.54, 1.807) is 48.5 Å². The van der Waals surface area contributed by atoms with E-state index in [0.717, 1.165) is 5.56 Å². The van der Waals surface area contributed by atoms with Gasteiger partial charge in [0.1, 0.15) is 23.7 Å². The summed E-state index contributed by atoms with van der Waals surface area (Å²) in [6.07, 6.45) is -0.754. The molecule has 14 nitrogen and oxygen atoms in total. The summed E-state index contributed by atoms with van der Waals surface area (Å²) in [5, 5.41) is 12.6. The fourth-order valence-electron chi connectivity index (χ4n) is 4.20. The molecule has 0 aliphatic carbocycles. The molecule has 0 aliphatic heterocycles. The molecule has 5 N–H and O–H groups in total. The van der Waals surface area contributed by atoms with Crippen molar-refractivity contribution in [3.05, 3.63) is 35.9 Å². The predicted molar refractivity (Wildman–Crippen MR) is 176 cm³/mol. The highest BCUT2D eigenvalue weighted by molar-refractivity contribution is 6.38. The van der Waals surface area contributed by atoms with Crippen LogP contribution in [0, 0.1) is 11.8 Å². The van der Waals surface area contributed by atoms with Gasteiger partial charge in [0.15, 0.2) is 0 Å². The molecule has 0 saturated carbocycles. The Bertz CT molecular complexity index is 1260. The second-order valence-corrected chi connectivity index (χ2v) is 13.2. The highest BCUT2D eigenvalue weighted by Gasteiger charge is 2.35. The van der Waals surface area contributed by atoms with Crippen LogP contribution >= 0.6 is 0 Å². The fourth-order valence-corrected chi connectivity index (χ4v) is 4.20. The molecule has 0 heterocycles. The van der Waals surface area contributed by atoms with E-state index in [1.807, 2.05) is 30.3 Å². The molecule has 0 bridgehead atoms. The van der Waals surface area contributed by atoms with Gasteiger partial charge in [0.25, 0.3) is 5.91 Å².